The standard InChI is InChI=1S/C11H18N2OS/c1-13-8-10(7-12)9-3-5-11(6-4-9)15(2)14/h3-6,10,13H,7-8,12H2,1-2H3. The second kappa shape index (κ2) is 6.12. The Hall–Kier alpha value is -0.550. The molecule has 0 saturated heterocycles. The number of hydrogen-bond acceptors (Lipinski definition) is 3. The highest BCUT2D eigenvalue weighted by Gasteiger charge is 2.10. The van der Waals surface area contributed by atoms with Crippen molar-refractivity contribution in [2.75, 3.05) is 26.4 Å². The number of nitrogens with one attached hydrogen (secondary N) is 1. The van der Waals surface area contributed by atoms with Crippen molar-refractivity contribution in [3.63, 3.8) is 0 Å². The minimum atomic E-state index is -0.903. The normalized spacial score (nSPS) is 14.9. The topological polar surface area (TPSA) is 61.1 Å². The first-order valence-electron chi connectivity index (χ1n) is 4.97. The molecule has 3 nitrogen and oxygen atoms in total. The third kappa shape index (κ3) is 3.50. The number of benzene rings is 1. The van der Waals surface area contributed by atoms with E-state index in [1.165, 1.54) is 5.56 Å². The molecule has 84 valence electrons. The van der Waals surface area contributed by atoms with Gasteiger partial charge in [0.15, 0.2) is 4.90 Å². The number of hydrogen-bond donors (Lipinski definition) is 2. The molecule has 0 bridgehead atoms. The second-order valence-electron chi connectivity index (χ2n) is 3.51. The van der Waals surface area contributed by atoms with Crippen LogP contribution >= 0.6 is 0 Å². The van der Waals surface area contributed by atoms with E-state index >= 15 is 0 Å². The van der Waals surface area contributed by atoms with Gasteiger partial charge in [0.25, 0.3) is 0 Å². The molecule has 1 rings (SSSR count). The smallest absolute Gasteiger partial charge is 0.152 e. The van der Waals surface area contributed by atoms with Crippen LogP contribution in [0.3, 0.4) is 0 Å². The minimum absolute atomic E-state index is 0.328. The summed E-state index contributed by atoms with van der Waals surface area (Å²) >= 11 is -0.903. The van der Waals surface area contributed by atoms with Gasteiger partial charge in [-0.2, -0.15) is 0 Å². The van der Waals surface area contributed by atoms with Gasteiger partial charge in [-0.15, -0.1) is 0 Å². The Morgan fingerprint density at radius 1 is 1.40 bits per heavy atom. The summed E-state index contributed by atoms with van der Waals surface area (Å²) in [6.45, 7) is 1.49. The Bertz CT molecular complexity index is 287. The summed E-state index contributed by atoms with van der Waals surface area (Å²) < 4.78 is 11.2. The highest BCUT2D eigenvalue weighted by atomic mass is 32.2. The van der Waals surface area contributed by atoms with Crippen molar-refractivity contribution in [3.8, 4) is 0 Å². The molecule has 0 aliphatic heterocycles. The Labute approximate surface area is 94.2 Å². The van der Waals surface area contributed by atoms with Crippen LogP contribution in [0.5, 0.6) is 0 Å². The fraction of sp³-hybridized carbons (Fsp3) is 0.455. The average molecular weight is 226 g/mol. The molecule has 0 amide bonds. The first-order chi connectivity index (χ1) is 7.19. The van der Waals surface area contributed by atoms with Gasteiger partial charge in [0.1, 0.15) is 6.26 Å². The molecular weight excluding hydrogens is 208 g/mol. The molecule has 15 heavy (non-hydrogen) atoms. The SMILES string of the molecule is CNCC(CN)c1ccc([S+](C)[O-])cc1. The highest BCUT2D eigenvalue weighted by Crippen LogP contribution is 2.17. The predicted octanol–water partition coefficient (Wildman–Crippen LogP) is 0.686. The fourth-order valence-electron chi connectivity index (χ4n) is 1.52. The highest BCUT2D eigenvalue weighted by molar-refractivity contribution is 7.90. The molecule has 0 heterocycles. The van der Waals surface area contributed by atoms with Gasteiger partial charge in [-0.05, 0) is 35.9 Å². The lowest BCUT2D eigenvalue weighted by Gasteiger charge is -2.15. The van der Waals surface area contributed by atoms with E-state index < -0.39 is 11.2 Å². The van der Waals surface area contributed by atoms with Crippen LogP contribution < -0.4 is 11.1 Å². The van der Waals surface area contributed by atoms with Gasteiger partial charge in [-0.1, -0.05) is 12.1 Å². The first-order valence-corrected chi connectivity index (χ1v) is 6.53. The summed E-state index contributed by atoms with van der Waals surface area (Å²) in [4.78, 5) is 0.860. The Balaban J connectivity index is 2.77. The van der Waals surface area contributed by atoms with Gasteiger partial charge < -0.3 is 15.6 Å². The Morgan fingerprint density at radius 2 is 2.00 bits per heavy atom. The van der Waals surface area contributed by atoms with Gasteiger partial charge in [-0.3, -0.25) is 0 Å². The van der Waals surface area contributed by atoms with Crippen LogP contribution in [0, 0.1) is 0 Å². The van der Waals surface area contributed by atoms with E-state index in [-0.39, 0.29) is 0 Å². The van der Waals surface area contributed by atoms with Gasteiger partial charge >= 0.3 is 0 Å². The second-order valence-corrected chi connectivity index (χ2v) is 4.89. The maximum absolute atomic E-state index is 11.2. The van der Waals surface area contributed by atoms with Crippen molar-refractivity contribution >= 4 is 11.2 Å². The van der Waals surface area contributed by atoms with Crippen LogP contribution in [0.15, 0.2) is 29.2 Å². The molecule has 1 aromatic rings. The van der Waals surface area contributed by atoms with Crippen molar-refractivity contribution in [2.45, 2.75) is 10.8 Å². The molecule has 0 fully saturated rings. The summed E-state index contributed by atoms with van der Waals surface area (Å²) in [5.74, 6) is 0.328. The maximum atomic E-state index is 11.2. The molecule has 0 spiro atoms. The number of likely N-dealkylation sites (N-methyl/N-ethyl adjacent to an activating group) is 1. The van der Waals surface area contributed by atoms with E-state index in [0.717, 1.165) is 11.4 Å². The van der Waals surface area contributed by atoms with E-state index in [0.29, 0.717) is 12.5 Å². The molecule has 0 aromatic heterocycles. The molecule has 2 atom stereocenters. The Kier molecular flexibility index (Phi) is 5.11. The zero-order valence-corrected chi connectivity index (χ0v) is 10.0. The summed E-state index contributed by atoms with van der Waals surface area (Å²) in [6.07, 6.45) is 1.68. The molecule has 3 N–H and O–H groups in total. The van der Waals surface area contributed by atoms with E-state index in [1.54, 1.807) is 6.26 Å². The third-order valence-electron chi connectivity index (χ3n) is 2.42. The molecule has 4 heteroatoms. The zero-order valence-electron chi connectivity index (χ0n) is 9.19. The van der Waals surface area contributed by atoms with E-state index in [9.17, 15) is 4.55 Å². The number of nitrogens with two attached hydrogens (primary N) is 1. The van der Waals surface area contributed by atoms with Crippen LogP contribution in [0.4, 0.5) is 0 Å². The minimum Gasteiger partial charge on any atom is -0.612 e. The predicted molar refractivity (Wildman–Crippen MR) is 64.5 cm³/mol. The van der Waals surface area contributed by atoms with Crippen LogP contribution in [0.25, 0.3) is 0 Å². The van der Waals surface area contributed by atoms with Crippen molar-refractivity contribution in [1.29, 1.82) is 0 Å². The Morgan fingerprint density at radius 3 is 2.40 bits per heavy atom. The average Bonchev–Trinajstić information content (AvgIpc) is 2.26. The molecule has 0 aliphatic carbocycles. The van der Waals surface area contributed by atoms with Gasteiger partial charge in [0.2, 0.25) is 0 Å². The molecular formula is C11H18N2OS. The summed E-state index contributed by atoms with van der Waals surface area (Å²) in [7, 11) is 1.91. The van der Waals surface area contributed by atoms with Gasteiger partial charge in [0.05, 0.1) is 0 Å². The van der Waals surface area contributed by atoms with Crippen LogP contribution in [0.2, 0.25) is 0 Å². The summed E-state index contributed by atoms with van der Waals surface area (Å²) in [5.41, 5.74) is 6.88. The molecule has 2 unspecified atom stereocenters. The summed E-state index contributed by atoms with van der Waals surface area (Å²) in [6, 6.07) is 7.82. The molecule has 0 saturated carbocycles. The van der Waals surface area contributed by atoms with E-state index in [4.69, 9.17) is 5.73 Å². The third-order valence-corrected chi connectivity index (χ3v) is 3.35. The van der Waals surface area contributed by atoms with Crippen LogP contribution in [-0.2, 0) is 11.2 Å². The zero-order chi connectivity index (χ0) is 11.3. The van der Waals surface area contributed by atoms with Crippen molar-refractivity contribution < 1.29 is 4.55 Å². The lowest BCUT2D eigenvalue weighted by atomic mass is 9.99. The number of rotatable bonds is 5. The molecule has 0 aliphatic rings. The fourth-order valence-corrected chi connectivity index (χ4v) is 2.03. The maximum Gasteiger partial charge on any atom is 0.152 e. The van der Waals surface area contributed by atoms with E-state index in [1.807, 2.05) is 31.3 Å². The van der Waals surface area contributed by atoms with E-state index in [2.05, 4.69) is 5.32 Å². The van der Waals surface area contributed by atoms with Crippen LogP contribution in [0.1, 0.15) is 11.5 Å². The first kappa shape index (κ1) is 12.5. The molecule has 1 aromatic carbocycles. The van der Waals surface area contributed by atoms with Crippen LogP contribution in [-0.4, -0.2) is 30.9 Å². The lowest BCUT2D eigenvalue weighted by Crippen LogP contribution is -2.23. The monoisotopic (exact) mass is 226 g/mol. The summed E-state index contributed by atoms with van der Waals surface area (Å²) in [5, 5.41) is 3.11. The van der Waals surface area contributed by atoms with Gasteiger partial charge in [0, 0.05) is 19.0 Å². The van der Waals surface area contributed by atoms with Crippen molar-refractivity contribution in [3.05, 3.63) is 29.8 Å². The van der Waals surface area contributed by atoms with Gasteiger partial charge in [-0.25, -0.2) is 0 Å². The van der Waals surface area contributed by atoms with Crippen molar-refractivity contribution in [2.24, 2.45) is 5.73 Å². The molecule has 0 radical (unpaired) electrons. The lowest BCUT2D eigenvalue weighted by molar-refractivity contribution is 0.600. The quantitative estimate of drug-likeness (QED) is 0.726. The largest absolute Gasteiger partial charge is 0.612 e. The van der Waals surface area contributed by atoms with Crippen molar-refractivity contribution in [1.82, 2.24) is 5.32 Å².